The normalized spacial score (nSPS) is 11.5. The standard InChI is InChI=1S/C18H16N4O3S/c1-4-9-22-13-7-6-12(17(24)25-5-2)11-14(13)26-18(22)20-16(23)15-19-8-10-21(15)3/h1,6-8,10-11H,5,9H2,2-3H3. The highest BCUT2D eigenvalue weighted by Crippen LogP contribution is 2.20. The van der Waals surface area contributed by atoms with Crippen LogP contribution in [0.2, 0.25) is 0 Å². The van der Waals surface area contributed by atoms with Gasteiger partial charge in [-0.2, -0.15) is 4.99 Å². The number of rotatable bonds is 4. The quantitative estimate of drug-likeness (QED) is 0.521. The van der Waals surface area contributed by atoms with E-state index in [1.54, 1.807) is 47.5 Å². The molecular formula is C18H16N4O3S. The molecule has 2 aromatic heterocycles. The van der Waals surface area contributed by atoms with Crippen molar-refractivity contribution < 1.29 is 14.3 Å². The highest BCUT2D eigenvalue weighted by atomic mass is 32.1. The molecule has 0 saturated heterocycles. The second-order valence-corrected chi connectivity index (χ2v) is 6.37. The summed E-state index contributed by atoms with van der Waals surface area (Å²) in [7, 11) is 1.72. The first-order chi connectivity index (χ1) is 12.5. The van der Waals surface area contributed by atoms with Gasteiger partial charge in [0, 0.05) is 19.4 Å². The van der Waals surface area contributed by atoms with E-state index in [0.717, 1.165) is 10.2 Å². The SMILES string of the molecule is C#CCn1c(=NC(=O)c2nccn2C)sc2cc(C(=O)OCC)ccc21. The Bertz CT molecular complexity index is 1100. The van der Waals surface area contributed by atoms with Crippen molar-refractivity contribution in [3.63, 3.8) is 0 Å². The highest BCUT2D eigenvalue weighted by Gasteiger charge is 2.14. The Morgan fingerprint density at radius 1 is 1.42 bits per heavy atom. The average molecular weight is 368 g/mol. The van der Waals surface area contributed by atoms with Crippen LogP contribution < -0.4 is 4.80 Å². The number of hydrogen-bond acceptors (Lipinski definition) is 5. The number of aromatic nitrogens is 3. The summed E-state index contributed by atoms with van der Waals surface area (Å²) in [6, 6.07) is 5.17. The van der Waals surface area contributed by atoms with Gasteiger partial charge >= 0.3 is 11.9 Å². The van der Waals surface area contributed by atoms with E-state index >= 15 is 0 Å². The maximum atomic E-state index is 12.4. The van der Waals surface area contributed by atoms with Gasteiger partial charge in [-0.3, -0.25) is 4.79 Å². The predicted molar refractivity (Wildman–Crippen MR) is 97.7 cm³/mol. The van der Waals surface area contributed by atoms with Crippen LogP contribution in [0.4, 0.5) is 0 Å². The van der Waals surface area contributed by atoms with Crippen LogP contribution in [0.15, 0.2) is 35.6 Å². The number of imidazole rings is 1. The first-order valence-corrected chi connectivity index (χ1v) is 8.67. The average Bonchev–Trinajstić information content (AvgIpc) is 3.19. The van der Waals surface area contributed by atoms with Crippen LogP contribution in [0.3, 0.4) is 0 Å². The monoisotopic (exact) mass is 368 g/mol. The minimum Gasteiger partial charge on any atom is -0.462 e. The number of ether oxygens (including phenoxy) is 1. The third-order valence-corrected chi connectivity index (χ3v) is 4.69. The second-order valence-electron chi connectivity index (χ2n) is 5.36. The van der Waals surface area contributed by atoms with Crippen LogP contribution >= 0.6 is 11.3 Å². The largest absolute Gasteiger partial charge is 0.462 e. The molecule has 0 aliphatic carbocycles. The summed E-state index contributed by atoms with van der Waals surface area (Å²) in [5, 5.41) is 0. The fourth-order valence-corrected chi connectivity index (χ4v) is 3.52. The first kappa shape index (κ1) is 17.6. The summed E-state index contributed by atoms with van der Waals surface area (Å²) in [6.07, 6.45) is 8.68. The van der Waals surface area contributed by atoms with Gasteiger partial charge in [-0.05, 0) is 25.1 Å². The number of carbonyl (C=O) groups excluding carboxylic acids is 2. The molecule has 26 heavy (non-hydrogen) atoms. The second kappa shape index (κ2) is 7.37. The van der Waals surface area contributed by atoms with Crippen molar-refractivity contribution in [1.29, 1.82) is 0 Å². The van der Waals surface area contributed by atoms with Gasteiger partial charge in [-0.15, -0.1) is 6.42 Å². The molecule has 0 radical (unpaired) electrons. The molecule has 3 rings (SSSR count). The van der Waals surface area contributed by atoms with Crippen molar-refractivity contribution in [3.8, 4) is 12.3 Å². The Kier molecular flexibility index (Phi) is 5.00. The van der Waals surface area contributed by atoms with Crippen molar-refractivity contribution in [2.24, 2.45) is 12.0 Å². The first-order valence-electron chi connectivity index (χ1n) is 7.85. The van der Waals surface area contributed by atoms with Crippen molar-refractivity contribution >= 4 is 33.4 Å². The number of terminal acetylenes is 1. The Hall–Kier alpha value is -3.18. The Morgan fingerprint density at radius 2 is 2.23 bits per heavy atom. The number of thiazole rings is 1. The van der Waals surface area contributed by atoms with Gasteiger partial charge in [0.1, 0.15) is 0 Å². The van der Waals surface area contributed by atoms with Crippen molar-refractivity contribution in [2.75, 3.05) is 6.61 Å². The van der Waals surface area contributed by atoms with Gasteiger partial charge in [0.05, 0.1) is 28.9 Å². The number of nitrogens with zero attached hydrogens (tertiary/aromatic N) is 4. The van der Waals surface area contributed by atoms with Gasteiger partial charge < -0.3 is 13.9 Å². The van der Waals surface area contributed by atoms with Crippen molar-refractivity contribution in [2.45, 2.75) is 13.5 Å². The smallest absolute Gasteiger partial charge is 0.338 e. The van der Waals surface area contributed by atoms with E-state index in [0.29, 0.717) is 17.0 Å². The van der Waals surface area contributed by atoms with Crippen LogP contribution in [0.1, 0.15) is 27.9 Å². The zero-order chi connectivity index (χ0) is 18.7. The molecule has 1 aromatic carbocycles. The van der Waals surface area contributed by atoms with Gasteiger partial charge in [0.2, 0.25) is 5.82 Å². The van der Waals surface area contributed by atoms with E-state index in [2.05, 4.69) is 15.9 Å². The molecule has 0 saturated carbocycles. The van der Waals surface area contributed by atoms with Gasteiger partial charge in [0.15, 0.2) is 4.80 Å². The number of carbonyl (C=O) groups is 2. The van der Waals surface area contributed by atoms with Crippen LogP contribution in [-0.2, 0) is 18.3 Å². The molecule has 0 bridgehead atoms. The summed E-state index contributed by atoms with van der Waals surface area (Å²) in [5.41, 5.74) is 1.24. The maximum absolute atomic E-state index is 12.4. The number of esters is 1. The molecule has 2 heterocycles. The maximum Gasteiger partial charge on any atom is 0.338 e. The van der Waals surface area contributed by atoms with Crippen LogP contribution in [0.25, 0.3) is 10.2 Å². The fourth-order valence-electron chi connectivity index (χ4n) is 2.45. The Balaban J connectivity index is 2.12. The molecule has 8 heteroatoms. The molecule has 0 aliphatic heterocycles. The van der Waals surface area contributed by atoms with Gasteiger partial charge in [-0.25, -0.2) is 9.78 Å². The molecule has 0 unspecified atom stereocenters. The van der Waals surface area contributed by atoms with Crippen LogP contribution in [-0.4, -0.2) is 32.6 Å². The molecule has 0 spiro atoms. The van der Waals surface area contributed by atoms with E-state index in [1.165, 1.54) is 17.5 Å². The molecule has 0 fully saturated rings. The summed E-state index contributed by atoms with van der Waals surface area (Å²) in [6.45, 7) is 2.31. The van der Waals surface area contributed by atoms with E-state index < -0.39 is 11.9 Å². The molecule has 0 aliphatic rings. The predicted octanol–water partition coefficient (Wildman–Crippen LogP) is 1.99. The summed E-state index contributed by atoms with van der Waals surface area (Å²) < 4.78 is 9.18. The fraction of sp³-hybridized carbons (Fsp3) is 0.222. The van der Waals surface area contributed by atoms with E-state index in [1.807, 2.05) is 0 Å². The minimum atomic E-state index is -0.458. The lowest BCUT2D eigenvalue weighted by atomic mass is 10.2. The molecule has 0 atom stereocenters. The number of hydrogen-bond donors (Lipinski definition) is 0. The number of aryl methyl sites for hydroxylation is 1. The van der Waals surface area contributed by atoms with E-state index in [9.17, 15) is 9.59 Å². The summed E-state index contributed by atoms with van der Waals surface area (Å²) >= 11 is 1.28. The molecule has 7 nitrogen and oxygen atoms in total. The lowest BCUT2D eigenvalue weighted by Gasteiger charge is -2.03. The lowest BCUT2D eigenvalue weighted by Crippen LogP contribution is -2.17. The van der Waals surface area contributed by atoms with Crippen LogP contribution in [0.5, 0.6) is 0 Å². The number of amides is 1. The molecular weight excluding hydrogens is 352 g/mol. The van der Waals surface area contributed by atoms with E-state index in [-0.39, 0.29) is 12.4 Å². The summed E-state index contributed by atoms with van der Waals surface area (Å²) in [4.78, 5) is 33.0. The third-order valence-electron chi connectivity index (χ3n) is 3.65. The zero-order valence-electron chi connectivity index (χ0n) is 14.3. The molecule has 3 aromatic rings. The molecule has 1 amide bonds. The third kappa shape index (κ3) is 3.30. The lowest BCUT2D eigenvalue weighted by molar-refractivity contribution is 0.0526. The topological polar surface area (TPSA) is 78.5 Å². The molecule has 132 valence electrons. The number of fused-ring (bicyclic) bond motifs is 1. The van der Waals surface area contributed by atoms with Crippen molar-refractivity contribution in [1.82, 2.24) is 14.1 Å². The Morgan fingerprint density at radius 3 is 2.88 bits per heavy atom. The minimum absolute atomic E-state index is 0.238. The Labute approximate surface area is 153 Å². The highest BCUT2D eigenvalue weighted by molar-refractivity contribution is 7.16. The van der Waals surface area contributed by atoms with Crippen molar-refractivity contribution in [3.05, 3.63) is 46.8 Å². The van der Waals surface area contributed by atoms with Gasteiger partial charge in [0.25, 0.3) is 0 Å². The zero-order valence-corrected chi connectivity index (χ0v) is 15.1. The van der Waals surface area contributed by atoms with Crippen LogP contribution in [0, 0.1) is 12.3 Å². The molecule has 0 N–H and O–H groups in total. The summed E-state index contributed by atoms with van der Waals surface area (Å²) in [5.74, 6) is 1.95. The van der Waals surface area contributed by atoms with E-state index in [4.69, 9.17) is 11.2 Å². The van der Waals surface area contributed by atoms with Gasteiger partial charge in [-0.1, -0.05) is 17.3 Å². The number of benzene rings is 1.